The van der Waals surface area contributed by atoms with E-state index >= 15 is 0 Å². The lowest BCUT2D eigenvalue weighted by atomic mass is 9.80. The van der Waals surface area contributed by atoms with Crippen LogP contribution >= 0.6 is 0 Å². The summed E-state index contributed by atoms with van der Waals surface area (Å²) >= 11 is 0. The second-order valence-corrected chi connectivity index (χ2v) is 7.66. The molecule has 28 heavy (non-hydrogen) atoms. The van der Waals surface area contributed by atoms with Gasteiger partial charge in [0, 0.05) is 12.1 Å². The van der Waals surface area contributed by atoms with Crippen molar-refractivity contribution < 1.29 is 4.79 Å². The molecule has 6 nitrogen and oxygen atoms in total. The van der Waals surface area contributed by atoms with Crippen LogP contribution in [0.5, 0.6) is 0 Å². The highest BCUT2D eigenvalue weighted by Gasteiger charge is 2.26. The predicted molar refractivity (Wildman–Crippen MR) is 111 cm³/mol. The first-order valence-electron chi connectivity index (χ1n) is 10.1. The lowest BCUT2D eigenvalue weighted by molar-refractivity contribution is -0.121. The van der Waals surface area contributed by atoms with Gasteiger partial charge in [-0.25, -0.2) is 4.98 Å². The number of nitrogens with two attached hydrogens (primary N) is 1. The Kier molecular flexibility index (Phi) is 5.67. The van der Waals surface area contributed by atoms with Crippen molar-refractivity contribution in [1.29, 1.82) is 0 Å². The van der Waals surface area contributed by atoms with Gasteiger partial charge in [0.1, 0.15) is 5.82 Å². The molecule has 0 aliphatic heterocycles. The Balaban J connectivity index is 1.47. The first kappa shape index (κ1) is 18.6. The summed E-state index contributed by atoms with van der Waals surface area (Å²) in [7, 11) is 0. The smallest absolute Gasteiger partial charge is 0.228 e. The Morgan fingerprint density at radius 1 is 1.14 bits per heavy atom. The summed E-state index contributed by atoms with van der Waals surface area (Å²) in [5.41, 5.74) is 7.82. The molecule has 1 aliphatic carbocycles. The van der Waals surface area contributed by atoms with Gasteiger partial charge in [0.05, 0.1) is 23.6 Å². The van der Waals surface area contributed by atoms with E-state index in [4.69, 9.17) is 5.73 Å². The third kappa shape index (κ3) is 4.07. The monoisotopic (exact) mass is 377 g/mol. The Bertz CT molecular complexity index is 929. The molecule has 3 N–H and O–H groups in total. The number of amides is 1. The zero-order valence-corrected chi connectivity index (χ0v) is 16.1. The zero-order valence-electron chi connectivity index (χ0n) is 16.1. The molecule has 1 amide bonds. The van der Waals surface area contributed by atoms with E-state index in [-0.39, 0.29) is 11.8 Å². The van der Waals surface area contributed by atoms with Crippen LogP contribution in [0.3, 0.4) is 0 Å². The minimum atomic E-state index is 0.0606. The number of pyridine rings is 1. The van der Waals surface area contributed by atoms with Crippen LogP contribution < -0.4 is 11.1 Å². The summed E-state index contributed by atoms with van der Waals surface area (Å²) in [5, 5.41) is 8.44. The second-order valence-electron chi connectivity index (χ2n) is 7.66. The normalized spacial score (nSPS) is 19.6. The summed E-state index contributed by atoms with van der Waals surface area (Å²) < 4.78 is 1.94. The minimum Gasteiger partial charge on any atom is -0.330 e. The Morgan fingerprint density at radius 3 is 2.68 bits per heavy atom. The van der Waals surface area contributed by atoms with E-state index in [1.807, 2.05) is 28.9 Å². The molecule has 2 aromatic heterocycles. The number of nitrogens with zero attached hydrogens (tertiary/aromatic N) is 3. The Hall–Kier alpha value is -2.73. The van der Waals surface area contributed by atoms with E-state index in [9.17, 15) is 4.79 Å². The van der Waals surface area contributed by atoms with Gasteiger partial charge in [0.25, 0.3) is 0 Å². The molecule has 0 atom stereocenters. The van der Waals surface area contributed by atoms with E-state index in [0.717, 1.165) is 49.6 Å². The highest BCUT2D eigenvalue weighted by molar-refractivity contribution is 6.00. The minimum absolute atomic E-state index is 0.0606. The van der Waals surface area contributed by atoms with Gasteiger partial charge in [-0.15, -0.1) is 0 Å². The number of carbonyl (C=O) groups is 1. The van der Waals surface area contributed by atoms with Crippen molar-refractivity contribution in [1.82, 2.24) is 14.8 Å². The van der Waals surface area contributed by atoms with Crippen LogP contribution in [0, 0.1) is 11.8 Å². The number of hydrogen-bond donors (Lipinski definition) is 2. The van der Waals surface area contributed by atoms with Gasteiger partial charge in [0.2, 0.25) is 5.91 Å². The molecule has 0 unspecified atom stereocenters. The van der Waals surface area contributed by atoms with Crippen LogP contribution in [0.15, 0.2) is 48.8 Å². The molecule has 3 aromatic rings. The maximum atomic E-state index is 12.8. The molecule has 4 rings (SSSR count). The molecule has 1 aromatic carbocycles. The standard InChI is InChI=1S/C22H27N5O/c23-12-10-16-6-8-18(9-7-16)22(28)26-21-19-14-25-27(20(19)11-13-24-21)15-17-4-2-1-3-5-17/h1-5,11,13-14,16,18H,6-10,12,15,23H2,(H,24,26,28). The number of fused-ring (bicyclic) bond motifs is 1. The van der Waals surface area contributed by atoms with Gasteiger partial charge < -0.3 is 11.1 Å². The SMILES string of the molecule is NCCC1CCC(C(=O)Nc2nccc3c2cnn3Cc2ccccc2)CC1. The number of nitrogens with one attached hydrogen (secondary N) is 1. The van der Waals surface area contributed by atoms with Crippen molar-refractivity contribution in [3.8, 4) is 0 Å². The van der Waals surface area contributed by atoms with Gasteiger partial charge in [-0.3, -0.25) is 9.48 Å². The molecule has 0 radical (unpaired) electrons. The zero-order chi connectivity index (χ0) is 19.3. The molecule has 0 spiro atoms. The van der Waals surface area contributed by atoms with E-state index in [1.54, 1.807) is 12.4 Å². The van der Waals surface area contributed by atoms with Crippen LogP contribution in [0.25, 0.3) is 10.9 Å². The molecule has 0 bridgehead atoms. The van der Waals surface area contributed by atoms with Gasteiger partial charge >= 0.3 is 0 Å². The second kappa shape index (κ2) is 8.52. The number of anilines is 1. The van der Waals surface area contributed by atoms with Crippen LogP contribution in [-0.2, 0) is 11.3 Å². The van der Waals surface area contributed by atoms with Crippen molar-refractivity contribution in [2.24, 2.45) is 17.6 Å². The number of carbonyl (C=O) groups excluding carboxylic acids is 1. The fourth-order valence-corrected chi connectivity index (χ4v) is 4.15. The van der Waals surface area contributed by atoms with Gasteiger partial charge in [-0.2, -0.15) is 5.10 Å². The molecule has 1 fully saturated rings. The topological polar surface area (TPSA) is 85.8 Å². The largest absolute Gasteiger partial charge is 0.330 e. The highest BCUT2D eigenvalue weighted by Crippen LogP contribution is 2.31. The maximum Gasteiger partial charge on any atom is 0.228 e. The summed E-state index contributed by atoms with van der Waals surface area (Å²) in [6, 6.07) is 12.2. The van der Waals surface area contributed by atoms with Crippen molar-refractivity contribution >= 4 is 22.6 Å². The molecule has 146 valence electrons. The molecule has 1 aliphatic rings. The lowest BCUT2D eigenvalue weighted by Crippen LogP contribution is -2.28. The Labute approximate surface area is 165 Å². The summed E-state index contributed by atoms with van der Waals surface area (Å²) in [6.45, 7) is 1.42. The number of rotatable bonds is 6. The molecule has 1 saturated carbocycles. The molecule has 2 heterocycles. The highest BCUT2D eigenvalue weighted by atomic mass is 16.1. The predicted octanol–water partition coefficient (Wildman–Crippen LogP) is 3.57. The van der Waals surface area contributed by atoms with Crippen LogP contribution in [0.2, 0.25) is 0 Å². The van der Waals surface area contributed by atoms with Gasteiger partial charge in [0.15, 0.2) is 0 Å². The number of benzene rings is 1. The molecule has 0 saturated heterocycles. The third-order valence-electron chi connectivity index (χ3n) is 5.78. The molecular weight excluding hydrogens is 350 g/mol. The van der Waals surface area contributed by atoms with Crippen molar-refractivity contribution in [2.45, 2.75) is 38.6 Å². The van der Waals surface area contributed by atoms with E-state index in [0.29, 0.717) is 18.3 Å². The van der Waals surface area contributed by atoms with Gasteiger partial charge in [-0.1, -0.05) is 30.3 Å². The van der Waals surface area contributed by atoms with Gasteiger partial charge in [-0.05, 0) is 56.2 Å². The summed E-state index contributed by atoms with van der Waals surface area (Å²) in [6.07, 6.45) is 8.62. The molecular formula is C22H27N5O. The fraction of sp³-hybridized carbons (Fsp3) is 0.409. The summed E-state index contributed by atoms with van der Waals surface area (Å²) in [5.74, 6) is 1.41. The van der Waals surface area contributed by atoms with Crippen molar-refractivity contribution in [2.75, 3.05) is 11.9 Å². The van der Waals surface area contributed by atoms with E-state index < -0.39 is 0 Å². The average molecular weight is 377 g/mol. The van der Waals surface area contributed by atoms with Crippen molar-refractivity contribution in [3.05, 3.63) is 54.4 Å². The average Bonchev–Trinajstić information content (AvgIpc) is 3.13. The number of hydrogen-bond acceptors (Lipinski definition) is 4. The molecule has 6 heteroatoms. The first-order chi connectivity index (χ1) is 13.7. The van der Waals surface area contributed by atoms with Crippen LogP contribution in [0.4, 0.5) is 5.82 Å². The summed E-state index contributed by atoms with van der Waals surface area (Å²) in [4.78, 5) is 17.2. The van der Waals surface area contributed by atoms with E-state index in [2.05, 4.69) is 27.5 Å². The van der Waals surface area contributed by atoms with Crippen molar-refractivity contribution in [3.63, 3.8) is 0 Å². The van der Waals surface area contributed by atoms with Crippen LogP contribution in [0.1, 0.15) is 37.7 Å². The maximum absolute atomic E-state index is 12.8. The lowest BCUT2D eigenvalue weighted by Gasteiger charge is -2.27. The third-order valence-corrected chi connectivity index (χ3v) is 5.78. The van der Waals surface area contributed by atoms with Crippen LogP contribution in [-0.4, -0.2) is 27.2 Å². The Morgan fingerprint density at radius 2 is 1.93 bits per heavy atom. The first-order valence-corrected chi connectivity index (χ1v) is 10.1. The fourth-order valence-electron chi connectivity index (χ4n) is 4.15. The van der Waals surface area contributed by atoms with E-state index in [1.165, 1.54) is 5.56 Å². The quantitative estimate of drug-likeness (QED) is 0.687. The number of aromatic nitrogens is 3.